The number of para-hydroxylation sites is 2. The number of pyridine rings is 1. The average Bonchev–Trinajstić information content (AvgIpc) is 3.17. The quantitative estimate of drug-likeness (QED) is 0.273. The lowest BCUT2D eigenvalue weighted by Gasteiger charge is -2.13. The molecule has 0 radical (unpaired) electrons. The fourth-order valence-electron chi connectivity index (χ4n) is 3.11. The van der Waals surface area contributed by atoms with Gasteiger partial charge in [-0.1, -0.05) is 30.3 Å². The zero-order valence-corrected chi connectivity index (χ0v) is 15.8. The Morgan fingerprint density at radius 3 is 2.67 bits per heavy atom. The number of rotatable bonds is 4. The lowest BCUT2D eigenvalue weighted by atomic mass is 10.1. The van der Waals surface area contributed by atoms with Crippen molar-refractivity contribution in [2.24, 2.45) is 0 Å². The molecule has 2 aromatic heterocycles. The van der Waals surface area contributed by atoms with E-state index in [2.05, 4.69) is 15.0 Å². The van der Waals surface area contributed by atoms with E-state index >= 15 is 0 Å². The van der Waals surface area contributed by atoms with Crippen LogP contribution in [0, 0.1) is 11.3 Å². The maximum absolute atomic E-state index is 12.5. The van der Waals surface area contributed by atoms with Crippen LogP contribution in [0.2, 0.25) is 0 Å². The molecule has 0 unspecified atom stereocenters. The third-order valence-corrected chi connectivity index (χ3v) is 4.64. The number of fused-ring (bicyclic) bond motifs is 2. The van der Waals surface area contributed by atoms with Crippen LogP contribution in [0.5, 0.6) is 0 Å². The molecule has 0 saturated heterocycles. The molecule has 0 fully saturated rings. The monoisotopic (exact) mass is 400 g/mol. The first-order chi connectivity index (χ1) is 14.5. The van der Waals surface area contributed by atoms with Crippen LogP contribution in [0.1, 0.15) is 23.2 Å². The SMILES string of the molecule is C[C@@H](OC(=O)c1cc2ccccc2c(=O)[nH]1)/C(O)=C(\C#N)c1nc2ccccc2[nH]1. The Morgan fingerprint density at radius 2 is 1.90 bits per heavy atom. The number of aromatic amines is 2. The van der Waals surface area contributed by atoms with Gasteiger partial charge in [0.15, 0.2) is 17.7 Å². The molecule has 0 bridgehead atoms. The van der Waals surface area contributed by atoms with Crippen molar-refractivity contribution in [3.05, 3.63) is 82.2 Å². The molecule has 2 heterocycles. The molecule has 0 aliphatic heterocycles. The first kappa shape index (κ1) is 19.0. The molecule has 148 valence electrons. The van der Waals surface area contributed by atoms with Gasteiger partial charge in [-0.2, -0.15) is 5.26 Å². The second-order valence-electron chi connectivity index (χ2n) is 6.62. The van der Waals surface area contributed by atoms with Crippen molar-refractivity contribution in [2.45, 2.75) is 13.0 Å². The Bertz CT molecular complexity index is 1370. The summed E-state index contributed by atoms with van der Waals surface area (Å²) >= 11 is 0. The number of carbonyl (C=O) groups excluding carboxylic acids is 1. The lowest BCUT2D eigenvalue weighted by molar-refractivity contribution is 0.0327. The van der Waals surface area contributed by atoms with E-state index in [1.807, 2.05) is 12.1 Å². The smallest absolute Gasteiger partial charge is 0.355 e. The minimum atomic E-state index is -1.14. The van der Waals surface area contributed by atoms with Gasteiger partial charge in [0.05, 0.1) is 11.0 Å². The third kappa shape index (κ3) is 3.40. The number of aromatic nitrogens is 3. The number of aliphatic hydroxyl groups is 1. The van der Waals surface area contributed by atoms with Crippen molar-refractivity contribution in [2.75, 3.05) is 0 Å². The number of hydrogen-bond acceptors (Lipinski definition) is 6. The Balaban J connectivity index is 1.63. The molecule has 1 atom stereocenters. The van der Waals surface area contributed by atoms with Gasteiger partial charge in [-0.25, -0.2) is 9.78 Å². The van der Waals surface area contributed by atoms with Crippen LogP contribution in [0.4, 0.5) is 0 Å². The summed E-state index contributed by atoms with van der Waals surface area (Å²) in [5.74, 6) is -1.12. The van der Waals surface area contributed by atoms with E-state index in [0.717, 1.165) is 0 Å². The number of imidazole rings is 1. The summed E-state index contributed by atoms with van der Waals surface area (Å²) in [6, 6.07) is 17.4. The van der Waals surface area contributed by atoms with Crippen LogP contribution in [-0.2, 0) is 4.74 Å². The highest BCUT2D eigenvalue weighted by Crippen LogP contribution is 2.21. The Labute approximate surface area is 170 Å². The van der Waals surface area contributed by atoms with Gasteiger partial charge >= 0.3 is 5.97 Å². The fourth-order valence-corrected chi connectivity index (χ4v) is 3.11. The van der Waals surface area contributed by atoms with Crippen LogP contribution in [-0.4, -0.2) is 32.1 Å². The van der Waals surface area contributed by atoms with Gasteiger partial charge in [-0.05, 0) is 36.6 Å². The minimum absolute atomic E-state index is 0.0550. The van der Waals surface area contributed by atoms with Crippen molar-refractivity contribution in [3.8, 4) is 6.07 Å². The van der Waals surface area contributed by atoms with Crippen LogP contribution < -0.4 is 5.56 Å². The van der Waals surface area contributed by atoms with E-state index in [4.69, 9.17) is 4.74 Å². The molecule has 4 aromatic rings. The van der Waals surface area contributed by atoms with Gasteiger partial charge in [0.25, 0.3) is 5.56 Å². The molecule has 4 rings (SSSR count). The van der Waals surface area contributed by atoms with Crippen molar-refractivity contribution in [1.29, 1.82) is 5.26 Å². The standard InChI is InChI=1S/C22H16N4O4/c1-12(19(27)15(11-23)20-24-16-8-4-5-9-17(16)25-20)30-22(29)18-10-13-6-2-3-7-14(13)21(28)26-18/h2-10,12,27H,1H3,(H,24,25)(H,26,28)/b19-15-/t12-/m1/s1. The number of aliphatic hydroxyl groups excluding tert-OH is 1. The number of benzene rings is 2. The van der Waals surface area contributed by atoms with Gasteiger partial charge in [-0.3, -0.25) is 4.79 Å². The molecule has 8 nitrogen and oxygen atoms in total. The molecule has 0 aliphatic rings. The highest BCUT2D eigenvalue weighted by atomic mass is 16.6. The lowest BCUT2D eigenvalue weighted by Crippen LogP contribution is -2.21. The maximum Gasteiger partial charge on any atom is 0.355 e. The highest BCUT2D eigenvalue weighted by molar-refractivity contribution is 5.93. The van der Waals surface area contributed by atoms with Crippen molar-refractivity contribution in [3.63, 3.8) is 0 Å². The number of H-pyrrole nitrogens is 2. The fraction of sp³-hybridized carbons (Fsp3) is 0.0909. The molecular formula is C22H16N4O4. The Kier molecular flexibility index (Phi) is 4.78. The predicted molar refractivity (Wildman–Crippen MR) is 111 cm³/mol. The van der Waals surface area contributed by atoms with Gasteiger partial charge in [0, 0.05) is 5.39 Å². The van der Waals surface area contributed by atoms with Gasteiger partial charge < -0.3 is 19.8 Å². The van der Waals surface area contributed by atoms with E-state index in [-0.39, 0.29) is 17.1 Å². The summed E-state index contributed by atoms with van der Waals surface area (Å²) < 4.78 is 5.27. The topological polar surface area (TPSA) is 132 Å². The average molecular weight is 400 g/mol. The molecule has 2 aromatic carbocycles. The van der Waals surface area contributed by atoms with E-state index in [1.54, 1.807) is 42.5 Å². The number of hydrogen-bond donors (Lipinski definition) is 3. The zero-order valence-electron chi connectivity index (χ0n) is 15.8. The number of nitrogens with zero attached hydrogens (tertiary/aromatic N) is 2. The second-order valence-corrected chi connectivity index (χ2v) is 6.62. The largest absolute Gasteiger partial charge is 0.507 e. The first-order valence-corrected chi connectivity index (χ1v) is 9.09. The van der Waals surface area contributed by atoms with E-state index in [9.17, 15) is 20.0 Å². The molecule has 0 saturated carbocycles. The summed E-state index contributed by atoms with van der Waals surface area (Å²) in [4.78, 5) is 34.4. The summed E-state index contributed by atoms with van der Waals surface area (Å²) in [5.41, 5.74) is 0.712. The number of nitriles is 1. The molecule has 0 amide bonds. The molecule has 0 aliphatic carbocycles. The Morgan fingerprint density at radius 1 is 1.17 bits per heavy atom. The van der Waals surface area contributed by atoms with Crippen LogP contribution in [0.25, 0.3) is 27.4 Å². The molecule has 3 N–H and O–H groups in total. The number of allylic oxidation sites excluding steroid dienone is 1. The first-order valence-electron chi connectivity index (χ1n) is 9.09. The zero-order chi connectivity index (χ0) is 21.3. The summed E-state index contributed by atoms with van der Waals surface area (Å²) in [6.07, 6.45) is -1.14. The van der Waals surface area contributed by atoms with E-state index in [0.29, 0.717) is 21.8 Å². The predicted octanol–water partition coefficient (Wildman–Crippen LogP) is 3.44. The summed E-state index contributed by atoms with van der Waals surface area (Å²) in [5, 5.41) is 21.1. The third-order valence-electron chi connectivity index (χ3n) is 4.64. The van der Waals surface area contributed by atoms with Crippen LogP contribution in [0.15, 0.2) is 65.2 Å². The number of esters is 1. The van der Waals surface area contributed by atoms with Crippen molar-refractivity contribution < 1.29 is 14.6 Å². The number of ether oxygens (including phenoxy) is 1. The van der Waals surface area contributed by atoms with E-state index < -0.39 is 23.4 Å². The number of carbonyl (C=O) groups is 1. The highest BCUT2D eigenvalue weighted by Gasteiger charge is 2.22. The van der Waals surface area contributed by atoms with Crippen molar-refractivity contribution in [1.82, 2.24) is 15.0 Å². The summed E-state index contributed by atoms with van der Waals surface area (Å²) in [6.45, 7) is 1.42. The molecule has 0 spiro atoms. The van der Waals surface area contributed by atoms with Crippen LogP contribution in [0.3, 0.4) is 0 Å². The van der Waals surface area contributed by atoms with Gasteiger partial charge in [0.1, 0.15) is 17.3 Å². The molecule has 8 heteroatoms. The van der Waals surface area contributed by atoms with Gasteiger partial charge in [0.2, 0.25) is 0 Å². The van der Waals surface area contributed by atoms with Gasteiger partial charge in [-0.15, -0.1) is 0 Å². The maximum atomic E-state index is 12.5. The normalized spacial score (nSPS) is 12.9. The van der Waals surface area contributed by atoms with Crippen LogP contribution >= 0.6 is 0 Å². The summed E-state index contributed by atoms with van der Waals surface area (Å²) in [7, 11) is 0. The molecular weight excluding hydrogens is 384 g/mol. The Hall–Kier alpha value is -4.38. The van der Waals surface area contributed by atoms with E-state index in [1.165, 1.54) is 13.0 Å². The second kappa shape index (κ2) is 7.56. The number of nitrogens with one attached hydrogen (secondary N) is 2. The van der Waals surface area contributed by atoms with Crippen molar-refractivity contribution >= 4 is 33.3 Å². The minimum Gasteiger partial charge on any atom is -0.507 e. The molecule has 30 heavy (non-hydrogen) atoms.